The molecule has 1 aliphatic heterocycles. The molecule has 1 atom stereocenters. The van der Waals surface area contributed by atoms with Crippen molar-refractivity contribution in [3.63, 3.8) is 0 Å². The Labute approximate surface area is 197 Å². The molecule has 32 heavy (non-hydrogen) atoms. The number of carbonyl (C=O) groups excluding carboxylic acids is 2. The predicted molar refractivity (Wildman–Crippen MR) is 125 cm³/mol. The van der Waals surface area contributed by atoms with Gasteiger partial charge in [-0.25, -0.2) is 5.01 Å². The van der Waals surface area contributed by atoms with E-state index in [0.717, 1.165) is 29.2 Å². The van der Waals surface area contributed by atoms with Crippen LogP contribution in [0.4, 0.5) is 5.13 Å². The zero-order valence-corrected chi connectivity index (χ0v) is 19.8. The maximum Gasteiger partial charge on any atom is 0.253 e. The average Bonchev–Trinajstić information content (AvgIpc) is 3.33. The second-order valence-electron chi connectivity index (χ2n) is 7.49. The van der Waals surface area contributed by atoms with Crippen LogP contribution in [-0.2, 0) is 9.59 Å². The van der Waals surface area contributed by atoms with Crippen molar-refractivity contribution in [3.8, 4) is 0 Å². The van der Waals surface area contributed by atoms with E-state index in [-0.39, 0.29) is 29.7 Å². The smallest absolute Gasteiger partial charge is 0.253 e. The Kier molecular flexibility index (Phi) is 6.11. The lowest BCUT2D eigenvalue weighted by molar-refractivity contribution is -0.130. The number of nitrogens with zero attached hydrogens (tertiary/aromatic N) is 5. The highest BCUT2D eigenvalue weighted by atomic mass is 32.2. The van der Waals surface area contributed by atoms with Gasteiger partial charge in [0.05, 0.1) is 22.6 Å². The molecular weight excluding hydrogens is 466 g/mol. The summed E-state index contributed by atoms with van der Waals surface area (Å²) < 4.78 is 6.25. The highest BCUT2D eigenvalue weighted by molar-refractivity contribution is 8.01. The minimum absolute atomic E-state index is 0.0603. The number of anilines is 1. The first-order valence-corrected chi connectivity index (χ1v) is 13.1. The minimum atomic E-state index is -0.257. The summed E-state index contributed by atoms with van der Waals surface area (Å²) >= 11 is 4.29. The number of hydrazone groups is 1. The summed E-state index contributed by atoms with van der Waals surface area (Å²) in [5, 5.41) is 17.2. The molecule has 1 fully saturated rings. The van der Waals surface area contributed by atoms with Crippen LogP contribution in [0.25, 0.3) is 0 Å². The lowest BCUT2D eigenvalue weighted by atomic mass is 10.1. The summed E-state index contributed by atoms with van der Waals surface area (Å²) in [4.78, 5) is 28.2. The molecule has 11 heteroatoms. The van der Waals surface area contributed by atoms with E-state index in [0.29, 0.717) is 22.3 Å². The molecule has 0 radical (unpaired) electrons. The molecular formula is C21H21N5O3S3. The van der Waals surface area contributed by atoms with E-state index in [2.05, 4.69) is 15.3 Å². The van der Waals surface area contributed by atoms with Gasteiger partial charge in [-0.15, -0.1) is 21.5 Å². The van der Waals surface area contributed by atoms with Gasteiger partial charge in [0.2, 0.25) is 11.0 Å². The minimum Gasteiger partial charge on any atom is -0.467 e. The van der Waals surface area contributed by atoms with Crippen LogP contribution in [0.15, 0.2) is 49.8 Å². The Bertz CT molecular complexity index is 1120. The van der Waals surface area contributed by atoms with Crippen LogP contribution >= 0.6 is 34.4 Å². The van der Waals surface area contributed by atoms with E-state index in [4.69, 9.17) is 4.42 Å². The van der Waals surface area contributed by atoms with E-state index in [9.17, 15) is 9.59 Å². The zero-order valence-electron chi connectivity index (χ0n) is 17.3. The van der Waals surface area contributed by atoms with E-state index >= 15 is 0 Å². The molecule has 2 amide bonds. The molecule has 0 saturated heterocycles. The van der Waals surface area contributed by atoms with Crippen LogP contribution in [-0.4, -0.2) is 44.5 Å². The fourth-order valence-corrected chi connectivity index (χ4v) is 6.06. The van der Waals surface area contributed by atoms with Crippen LogP contribution in [0, 0.1) is 0 Å². The van der Waals surface area contributed by atoms with Crippen LogP contribution < -0.4 is 4.90 Å². The molecule has 0 N–H and O–H groups in total. The van der Waals surface area contributed by atoms with Crippen LogP contribution in [0.5, 0.6) is 0 Å². The summed E-state index contributed by atoms with van der Waals surface area (Å²) in [6.45, 7) is 1.85. The number of hydrogen-bond acceptors (Lipinski definition) is 9. The molecule has 0 aromatic carbocycles. The van der Waals surface area contributed by atoms with Gasteiger partial charge < -0.3 is 4.42 Å². The second-order valence-corrected chi connectivity index (χ2v) is 10.6. The van der Waals surface area contributed by atoms with Crippen molar-refractivity contribution in [2.75, 3.05) is 10.7 Å². The lowest BCUT2D eigenvalue weighted by Crippen LogP contribution is -2.32. The van der Waals surface area contributed by atoms with Crippen molar-refractivity contribution in [2.45, 2.75) is 49.0 Å². The van der Waals surface area contributed by atoms with Crippen molar-refractivity contribution >= 4 is 57.1 Å². The molecule has 5 rings (SSSR count). The van der Waals surface area contributed by atoms with Gasteiger partial charge in [-0.05, 0) is 36.4 Å². The number of rotatable bonds is 8. The van der Waals surface area contributed by atoms with Crippen molar-refractivity contribution in [1.82, 2.24) is 15.2 Å². The molecule has 4 heterocycles. The molecule has 1 saturated carbocycles. The molecule has 8 nitrogen and oxygen atoms in total. The monoisotopic (exact) mass is 487 g/mol. The first kappa shape index (κ1) is 21.4. The van der Waals surface area contributed by atoms with Gasteiger partial charge in [0.25, 0.3) is 5.91 Å². The lowest BCUT2D eigenvalue weighted by Gasteiger charge is -2.19. The number of carbonyl (C=O) groups is 2. The van der Waals surface area contributed by atoms with Gasteiger partial charge >= 0.3 is 0 Å². The third kappa shape index (κ3) is 4.37. The molecule has 0 bridgehead atoms. The summed E-state index contributed by atoms with van der Waals surface area (Å²) in [6, 6.07) is 7.66. The molecule has 3 aromatic rings. The largest absolute Gasteiger partial charge is 0.467 e. The van der Waals surface area contributed by atoms with Gasteiger partial charge in [-0.2, -0.15) is 5.10 Å². The Balaban J connectivity index is 1.28. The van der Waals surface area contributed by atoms with Gasteiger partial charge in [0.1, 0.15) is 11.8 Å². The Hall–Kier alpha value is -2.50. The zero-order chi connectivity index (χ0) is 22.1. The maximum atomic E-state index is 13.1. The first-order valence-electron chi connectivity index (χ1n) is 10.4. The number of amides is 2. The van der Waals surface area contributed by atoms with Crippen molar-refractivity contribution in [3.05, 3.63) is 46.5 Å². The first-order chi connectivity index (χ1) is 15.6. The number of thioether (sulfide) groups is 1. The molecule has 1 aliphatic carbocycles. The molecule has 2 aliphatic rings. The van der Waals surface area contributed by atoms with Gasteiger partial charge in [0.15, 0.2) is 4.34 Å². The number of furan rings is 1. The summed E-state index contributed by atoms with van der Waals surface area (Å²) in [6.07, 6.45) is 4.66. The number of aromatic nitrogens is 2. The van der Waals surface area contributed by atoms with Gasteiger partial charge in [0, 0.05) is 18.9 Å². The van der Waals surface area contributed by atoms with E-state index in [1.165, 1.54) is 28.1 Å². The molecule has 166 valence electrons. The van der Waals surface area contributed by atoms with E-state index < -0.39 is 0 Å². The number of thiophene rings is 1. The van der Waals surface area contributed by atoms with Crippen molar-refractivity contribution in [1.29, 1.82) is 0 Å². The fourth-order valence-electron chi connectivity index (χ4n) is 3.55. The SMILES string of the molecule is CCC(=O)N(c1nnc(SCC(=O)N2N=C(c3cccs3)C[C@@H]2c2ccco2)s1)C1CC1. The topological polar surface area (TPSA) is 91.9 Å². The normalized spacial score (nSPS) is 18.1. The summed E-state index contributed by atoms with van der Waals surface area (Å²) in [7, 11) is 0. The Morgan fingerprint density at radius 3 is 2.84 bits per heavy atom. The fraction of sp³-hybridized carbons (Fsp3) is 0.381. The van der Waals surface area contributed by atoms with Crippen molar-refractivity contribution < 1.29 is 14.0 Å². The van der Waals surface area contributed by atoms with Crippen LogP contribution in [0.2, 0.25) is 0 Å². The Morgan fingerprint density at radius 1 is 1.28 bits per heavy atom. The second kappa shape index (κ2) is 9.16. The van der Waals surface area contributed by atoms with E-state index in [1.54, 1.807) is 22.5 Å². The third-order valence-corrected chi connectivity index (χ3v) is 8.21. The predicted octanol–water partition coefficient (Wildman–Crippen LogP) is 4.57. The average molecular weight is 488 g/mol. The highest BCUT2D eigenvalue weighted by Crippen LogP contribution is 2.38. The van der Waals surface area contributed by atoms with Crippen LogP contribution in [0.3, 0.4) is 0 Å². The molecule has 0 unspecified atom stereocenters. The third-order valence-electron chi connectivity index (χ3n) is 5.25. The quantitative estimate of drug-likeness (QED) is 0.341. The van der Waals surface area contributed by atoms with Crippen molar-refractivity contribution in [2.24, 2.45) is 5.10 Å². The maximum absolute atomic E-state index is 13.1. The van der Waals surface area contributed by atoms with Crippen LogP contribution in [0.1, 0.15) is 49.3 Å². The summed E-state index contributed by atoms with van der Waals surface area (Å²) in [5.41, 5.74) is 0.885. The highest BCUT2D eigenvalue weighted by Gasteiger charge is 2.36. The standard InChI is InChI=1S/C21H21N5O3S3/c1-2-18(27)25(13-7-8-13)20-22-23-21(32-20)31-12-19(28)26-15(16-5-3-9-29-16)11-14(24-26)17-6-4-10-30-17/h3-6,9-10,13,15H,2,7-8,11-12H2,1H3/t15-/m1/s1. The van der Waals surface area contributed by atoms with Gasteiger partial charge in [-0.1, -0.05) is 36.1 Å². The van der Waals surface area contributed by atoms with Gasteiger partial charge in [-0.3, -0.25) is 14.5 Å². The Morgan fingerprint density at radius 2 is 2.16 bits per heavy atom. The molecule has 0 spiro atoms. The molecule has 3 aromatic heterocycles. The summed E-state index contributed by atoms with van der Waals surface area (Å²) in [5.74, 6) is 0.835. The number of hydrogen-bond donors (Lipinski definition) is 0. The van der Waals surface area contributed by atoms with E-state index in [1.807, 2.05) is 36.6 Å².